The highest BCUT2D eigenvalue weighted by molar-refractivity contribution is 9.10. The summed E-state index contributed by atoms with van der Waals surface area (Å²) in [4.78, 5) is 52.9. The third-order valence-corrected chi connectivity index (χ3v) is 6.66. The Labute approximate surface area is 198 Å². The molecule has 2 aromatic carbocycles. The molecule has 1 aliphatic carbocycles. The molecule has 0 radical (unpaired) electrons. The lowest BCUT2D eigenvalue weighted by atomic mass is 9.78. The SMILES string of the molecule is C[C@@H]1C=CC[C@H]2C(=O)N(N(CC(=O)c3ccc(Br)cc3)C(=O)c3ccc(Cl)cc3)C(=O)[C@H]12. The van der Waals surface area contributed by atoms with Crippen LogP contribution in [0.2, 0.25) is 5.02 Å². The number of halogens is 2. The number of nitrogens with zero attached hydrogens (tertiary/aromatic N) is 2. The van der Waals surface area contributed by atoms with Gasteiger partial charge < -0.3 is 0 Å². The second-order valence-electron chi connectivity index (χ2n) is 7.94. The van der Waals surface area contributed by atoms with Crippen LogP contribution in [-0.2, 0) is 9.59 Å². The van der Waals surface area contributed by atoms with Crippen molar-refractivity contribution >= 4 is 51.0 Å². The Morgan fingerprint density at radius 2 is 1.66 bits per heavy atom. The number of hydrogen-bond acceptors (Lipinski definition) is 4. The summed E-state index contributed by atoms with van der Waals surface area (Å²) in [5.74, 6) is -3.13. The number of fused-ring (bicyclic) bond motifs is 1. The molecule has 4 rings (SSSR count). The van der Waals surface area contributed by atoms with Crippen LogP contribution >= 0.6 is 27.5 Å². The molecule has 8 heteroatoms. The van der Waals surface area contributed by atoms with Gasteiger partial charge in [-0.05, 0) is 48.7 Å². The first-order chi connectivity index (χ1) is 15.3. The molecule has 0 aromatic heterocycles. The van der Waals surface area contributed by atoms with Gasteiger partial charge >= 0.3 is 0 Å². The zero-order valence-corrected chi connectivity index (χ0v) is 19.5. The third-order valence-electron chi connectivity index (χ3n) is 5.88. The number of amides is 3. The molecule has 1 aliphatic heterocycles. The molecule has 3 amide bonds. The summed E-state index contributed by atoms with van der Waals surface area (Å²) in [6.07, 6.45) is 4.23. The van der Waals surface area contributed by atoms with Gasteiger partial charge in [0.1, 0.15) is 6.54 Å². The van der Waals surface area contributed by atoms with E-state index in [9.17, 15) is 19.2 Å². The van der Waals surface area contributed by atoms with E-state index in [-0.39, 0.29) is 17.3 Å². The van der Waals surface area contributed by atoms with Crippen LogP contribution in [0.25, 0.3) is 0 Å². The van der Waals surface area contributed by atoms with E-state index in [2.05, 4.69) is 15.9 Å². The molecule has 1 fully saturated rings. The molecule has 0 spiro atoms. The molecule has 0 bridgehead atoms. The maximum absolute atomic E-state index is 13.4. The lowest BCUT2D eigenvalue weighted by molar-refractivity contribution is -0.154. The van der Waals surface area contributed by atoms with Gasteiger partial charge in [0.25, 0.3) is 17.7 Å². The number of rotatable bonds is 5. The summed E-state index contributed by atoms with van der Waals surface area (Å²) in [5, 5.41) is 2.30. The van der Waals surface area contributed by atoms with Crippen molar-refractivity contribution in [3.8, 4) is 0 Å². The zero-order valence-electron chi connectivity index (χ0n) is 17.2. The second kappa shape index (κ2) is 9.00. The first kappa shape index (κ1) is 22.4. The van der Waals surface area contributed by atoms with E-state index in [1.54, 1.807) is 36.4 Å². The van der Waals surface area contributed by atoms with Gasteiger partial charge in [0.15, 0.2) is 5.78 Å². The monoisotopic (exact) mass is 514 g/mol. The van der Waals surface area contributed by atoms with Gasteiger partial charge in [0, 0.05) is 20.6 Å². The van der Waals surface area contributed by atoms with Crippen LogP contribution in [0.15, 0.2) is 65.2 Å². The predicted molar refractivity (Wildman–Crippen MR) is 123 cm³/mol. The van der Waals surface area contributed by atoms with Crippen molar-refractivity contribution in [2.75, 3.05) is 6.54 Å². The fourth-order valence-corrected chi connectivity index (χ4v) is 4.60. The van der Waals surface area contributed by atoms with Crippen molar-refractivity contribution in [3.05, 3.63) is 81.3 Å². The molecule has 0 N–H and O–H groups in total. The molecule has 1 heterocycles. The Morgan fingerprint density at radius 3 is 2.28 bits per heavy atom. The smallest absolute Gasteiger partial charge is 0.273 e. The lowest BCUT2D eigenvalue weighted by Crippen LogP contribution is -2.52. The highest BCUT2D eigenvalue weighted by Crippen LogP contribution is 2.39. The maximum Gasteiger partial charge on any atom is 0.273 e. The molecule has 6 nitrogen and oxygen atoms in total. The molecule has 164 valence electrons. The molecule has 2 aromatic rings. The first-order valence-corrected chi connectivity index (χ1v) is 11.4. The number of carbonyl (C=O) groups excluding carboxylic acids is 4. The molecule has 3 atom stereocenters. The van der Waals surface area contributed by atoms with E-state index < -0.39 is 36.1 Å². The quantitative estimate of drug-likeness (QED) is 0.333. The fourth-order valence-electron chi connectivity index (χ4n) is 4.21. The van der Waals surface area contributed by atoms with E-state index in [1.165, 1.54) is 12.1 Å². The zero-order chi connectivity index (χ0) is 23.0. The van der Waals surface area contributed by atoms with Gasteiger partial charge in [0.05, 0.1) is 11.8 Å². The van der Waals surface area contributed by atoms with Crippen LogP contribution in [0, 0.1) is 17.8 Å². The van der Waals surface area contributed by atoms with Crippen LogP contribution in [-0.4, -0.2) is 40.1 Å². The number of hydrazine groups is 1. The fraction of sp³-hybridized carbons (Fsp3) is 0.250. The minimum Gasteiger partial charge on any atom is -0.292 e. The van der Waals surface area contributed by atoms with Crippen molar-refractivity contribution in [2.45, 2.75) is 13.3 Å². The van der Waals surface area contributed by atoms with Crippen LogP contribution in [0.4, 0.5) is 0 Å². The van der Waals surface area contributed by atoms with E-state index >= 15 is 0 Å². The number of Topliss-reactive ketones (excluding diaryl/α,β-unsaturated/α-hetero) is 1. The molecule has 1 saturated heterocycles. The van der Waals surface area contributed by atoms with Gasteiger partial charge in [-0.15, -0.1) is 0 Å². The number of allylic oxidation sites excluding steroid dienone is 2. The Bertz CT molecular complexity index is 1110. The van der Waals surface area contributed by atoms with E-state index in [1.807, 2.05) is 19.1 Å². The Balaban J connectivity index is 1.70. The largest absolute Gasteiger partial charge is 0.292 e. The van der Waals surface area contributed by atoms with Crippen molar-refractivity contribution < 1.29 is 19.2 Å². The summed E-state index contributed by atoms with van der Waals surface area (Å²) in [5.41, 5.74) is 0.591. The molecule has 2 aliphatic rings. The van der Waals surface area contributed by atoms with Crippen LogP contribution < -0.4 is 0 Å². The number of imide groups is 1. The molecule has 0 unspecified atom stereocenters. The highest BCUT2D eigenvalue weighted by Gasteiger charge is 2.53. The standard InChI is InChI=1S/C24H20BrClN2O4/c1-14-3-2-4-19-21(14)24(32)28(23(19)31)27(22(30)16-7-11-18(26)12-8-16)13-20(29)15-5-9-17(25)10-6-15/h2-3,5-12,14,19,21H,4,13H2,1H3/t14-,19-,21-/m1/s1. The minimum atomic E-state index is -0.618. The number of benzene rings is 2. The van der Waals surface area contributed by atoms with Gasteiger partial charge in [-0.2, -0.15) is 5.01 Å². The van der Waals surface area contributed by atoms with Gasteiger partial charge in [0.2, 0.25) is 0 Å². The number of hydrogen-bond donors (Lipinski definition) is 0. The lowest BCUT2D eigenvalue weighted by Gasteiger charge is -2.30. The van der Waals surface area contributed by atoms with E-state index in [4.69, 9.17) is 11.6 Å². The van der Waals surface area contributed by atoms with Crippen molar-refractivity contribution in [2.24, 2.45) is 17.8 Å². The Hall–Kier alpha value is -2.77. The minimum absolute atomic E-state index is 0.134. The summed E-state index contributed by atoms with van der Waals surface area (Å²) >= 11 is 9.26. The van der Waals surface area contributed by atoms with Crippen molar-refractivity contribution in [1.29, 1.82) is 0 Å². The van der Waals surface area contributed by atoms with Crippen LogP contribution in [0.3, 0.4) is 0 Å². The molecular formula is C24H20BrClN2O4. The first-order valence-electron chi connectivity index (χ1n) is 10.2. The Kier molecular flexibility index (Phi) is 6.31. The van der Waals surface area contributed by atoms with Gasteiger partial charge in [-0.25, -0.2) is 5.01 Å². The van der Waals surface area contributed by atoms with E-state index in [0.29, 0.717) is 17.0 Å². The molecular weight excluding hydrogens is 496 g/mol. The normalized spacial score (nSPS) is 22.1. The highest BCUT2D eigenvalue weighted by atomic mass is 79.9. The van der Waals surface area contributed by atoms with Crippen LogP contribution in [0.5, 0.6) is 0 Å². The summed E-state index contributed by atoms with van der Waals surface area (Å²) < 4.78 is 0.804. The van der Waals surface area contributed by atoms with Gasteiger partial charge in [-0.1, -0.05) is 58.7 Å². The molecule has 32 heavy (non-hydrogen) atoms. The topological polar surface area (TPSA) is 74.8 Å². The summed E-state index contributed by atoms with van der Waals surface area (Å²) in [7, 11) is 0. The second-order valence-corrected chi connectivity index (χ2v) is 9.30. The molecule has 0 saturated carbocycles. The average molecular weight is 516 g/mol. The van der Waals surface area contributed by atoms with Gasteiger partial charge in [-0.3, -0.25) is 19.2 Å². The maximum atomic E-state index is 13.4. The average Bonchev–Trinajstić information content (AvgIpc) is 3.03. The Morgan fingerprint density at radius 1 is 1.03 bits per heavy atom. The predicted octanol–water partition coefficient (Wildman–Crippen LogP) is 4.54. The summed E-state index contributed by atoms with van der Waals surface area (Å²) in [6, 6.07) is 12.8. The van der Waals surface area contributed by atoms with E-state index in [0.717, 1.165) is 14.5 Å². The van der Waals surface area contributed by atoms with Crippen molar-refractivity contribution in [1.82, 2.24) is 10.0 Å². The van der Waals surface area contributed by atoms with Crippen LogP contribution in [0.1, 0.15) is 34.1 Å². The number of ketones is 1. The summed E-state index contributed by atoms with van der Waals surface area (Å²) in [6.45, 7) is 1.43. The van der Waals surface area contributed by atoms with Crippen molar-refractivity contribution in [3.63, 3.8) is 0 Å². The number of carbonyl (C=O) groups is 4. The third kappa shape index (κ3) is 4.14.